The molecule has 0 aliphatic carbocycles. The molecule has 0 radical (unpaired) electrons. The van der Waals surface area contributed by atoms with Gasteiger partial charge in [0.1, 0.15) is 23.4 Å². The number of hydrogen-bond donors (Lipinski definition) is 2. The summed E-state index contributed by atoms with van der Waals surface area (Å²) in [6, 6.07) is 13.8. The summed E-state index contributed by atoms with van der Waals surface area (Å²) in [6.45, 7) is 10.3. The molecule has 0 heterocycles. The molecular formula is C27H31N3O5. The van der Waals surface area contributed by atoms with Crippen LogP contribution in [0.1, 0.15) is 44.9 Å². The molecule has 3 amide bonds. The summed E-state index contributed by atoms with van der Waals surface area (Å²) < 4.78 is 10.4. The van der Waals surface area contributed by atoms with E-state index in [0.29, 0.717) is 17.0 Å². The van der Waals surface area contributed by atoms with E-state index in [9.17, 15) is 14.4 Å². The summed E-state index contributed by atoms with van der Waals surface area (Å²) in [5.41, 5.74) is 0.966. The summed E-state index contributed by atoms with van der Waals surface area (Å²) in [4.78, 5) is 39.9. The van der Waals surface area contributed by atoms with Crippen molar-refractivity contribution in [1.82, 2.24) is 10.2 Å². The standard InChI is InChI=1S/C27H31N3O5/c1-8-19-11-10-12-20(17-19)23(24(31)29-21-13-15-22(34-7)16-14-21)30(9-2)25(32)18(3)28-26(33)35-27(4,5)6/h2,8,10-18,23H,1H2,3-7H3,(H,28,33)(H,29,31). The third-order valence-electron chi connectivity index (χ3n) is 4.81. The van der Waals surface area contributed by atoms with Gasteiger partial charge in [0.05, 0.1) is 7.11 Å². The number of methoxy groups -OCH3 is 1. The van der Waals surface area contributed by atoms with Crippen LogP contribution in [-0.2, 0) is 14.3 Å². The van der Waals surface area contributed by atoms with E-state index in [0.717, 1.165) is 10.5 Å². The molecule has 2 atom stereocenters. The minimum absolute atomic E-state index is 0.476. The second-order valence-electron chi connectivity index (χ2n) is 8.70. The number of benzene rings is 2. The lowest BCUT2D eigenvalue weighted by molar-refractivity contribution is -0.136. The van der Waals surface area contributed by atoms with Gasteiger partial charge in [0, 0.05) is 11.7 Å². The number of terminal acetylenes is 1. The van der Waals surface area contributed by atoms with Crippen molar-refractivity contribution < 1.29 is 23.9 Å². The highest BCUT2D eigenvalue weighted by molar-refractivity contribution is 5.99. The molecule has 2 rings (SSSR count). The molecule has 8 nitrogen and oxygen atoms in total. The molecular weight excluding hydrogens is 446 g/mol. The number of carbonyl (C=O) groups excluding carboxylic acids is 3. The molecule has 0 fully saturated rings. The van der Waals surface area contributed by atoms with E-state index in [1.807, 2.05) is 6.07 Å². The molecule has 0 spiro atoms. The fraction of sp³-hybridized carbons (Fsp3) is 0.296. The molecule has 184 valence electrons. The molecule has 35 heavy (non-hydrogen) atoms. The van der Waals surface area contributed by atoms with Gasteiger partial charge >= 0.3 is 6.09 Å². The van der Waals surface area contributed by atoms with Gasteiger partial charge in [0.2, 0.25) is 0 Å². The van der Waals surface area contributed by atoms with Crippen LogP contribution >= 0.6 is 0 Å². The van der Waals surface area contributed by atoms with Crippen LogP contribution in [0.5, 0.6) is 5.75 Å². The zero-order chi connectivity index (χ0) is 26.2. The topological polar surface area (TPSA) is 97.0 Å². The van der Waals surface area contributed by atoms with Gasteiger partial charge in [-0.15, -0.1) is 0 Å². The smallest absolute Gasteiger partial charge is 0.408 e. The van der Waals surface area contributed by atoms with Gasteiger partial charge in [-0.25, -0.2) is 4.79 Å². The van der Waals surface area contributed by atoms with Gasteiger partial charge in [0.25, 0.3) is 11.8 Å². The highest BCUT2D eigenvalue weighted by Crippen LogP contribution is 2.25. The molecule has 2 aromatic carbocycles. The third-order valence-corrected chi connectivity index (χ3v) is 4.81. The Labute approximate surface area is 206 Å². The quantitative estimate of drug-likeness (QED) is 0.435. The summed E-state index contributed by atoms with van der Waals surface area (Å²) in [5.74, 6) is -0.565. The molecule has 2 unspecified atom stereocenters. The van der Waals surface area contributed by atoms with Crippen LogP contribution in [0.25, 0.3) is 6.08 Å². The van der Waals surface area contributed by atoms with Crippen molar-refractivity contribution >= 4 is 29.7 Å². The summed E-state index contributed by atoms with van der Waals surface area (Å²) in [6.07, 6.45) is 6.56. The van der Waals surface area contributed by atoms with Crippen molar-refractivity contribution in [2.24, 2.45) is 0 Å². The van der Waals surface area contributed by atoms with Gasteiger partial charge in [-0.05, 0) is 69.2 Å². The van der Waals surface area contributed by atoms with Crippen LogP contribution < -0.4 is 15.4 Å². The lowest BCUT2D eigenvalue weighted by Gasteiger charge is -2.29. The Morgan fingerprint density at radius 1 is 1.14 bits per heavy atom. The fourth-order valence-corrected chi connectivity index (χ4v) is 3.18. The number of anilines is 1. The van der Waals surface area contributed by atoms with E-state index in [-0.39, 0.29) is 0 Å². The van der Waals surface area contributed by atoms with Crippen molar-refractivity contribution in [3.63, 3.8) is 0 Å². The maximum atomic E-state index is 13.4. The number of hydrogen-bond acceptors (Lipinski definition) is 5. The lowest BCUT2D eigenvalue weighted by atomic mass is 10.0. The monoisotopic (exact) mass is 477 g/mol. The Balaban J connectivity index is 2.38. The first kappa shape index (κ1) is 27.0. The van der Waals surface area contributed by atoms with Gasteiger partial charge in [-0.2, -0.15) is 0 Å². The number of rotatable bonds is 8. The SMILES string of the molecule is C#CN(C(=O)C(C)NC(=O)OC(C)(C)C)C(C(=O)Nc1ccc(OC)cc1)c1cccc(C=C)c1. The zero-order valence-electron chi connectivity index (χ0n) is 20.6. The molecule has 0 saturated heterocycles. The maximum Gasteiger partial charge on any atom is 0.408 e. The average Bonchev–Trinajstić information content (AvgIpc) is 2.81. The second-order valence-corrected chi connectivity index (χ2v) is 8.70. The van der Waals surface area contributed by atoms with Crippen molar-refractivity contribution in [3.05, 3.63) is 66.2 Å². The maximum absolute atomic E-state index is 13.4. The number of carbonyl (C=O) groups is 3. The Hall–Kier alpha value is -4.25. The van der Waals surface area contributed by atoms with Crippen LogP contribution in [0.2, 0.25) is 0 Å². The zero-order valence-corrected chi connectivity index (χ0v) is 20.6. The van der Waals surface area contributed by atoms with E-state index < -0.39 is 35.6 Å². The molecule has 2 aromatic rings. The summed E-state index contributed by atoms with van der Waals surface area (Å²) in [7, 11) is 1.54. The van der Waals surface area contributed by atoms with Crippen LogP contribution in [0.3, 0.4) is 0 Å². The number of amides is 3. The number of nitrogens with one attached hydrogen (secondary N) is 2. The van der Waals surface area contributed by atoms with E-state index in [4.69, 9.17) is 15.9 Å². The first-order chi connectivity index (χ1) is 16.5. The van der Waals surface area contributed by atoms with Gasteiger partial charge in [0.15, 0.2) is 0 Å². The molecule has 0 saturated carbocycles. The molecule has 0 aliphatic heterocycles. The predicted molar refractivity (Wildman–Crippen MR) is 135 cm³/mol. The van der Waals surface area contributed by atoms with Gasteiger partial charge in [-0.3, -0.25) is 14.5 Å². The molecule has 0 aromatic heterocycles. The first-order valence-electron chi connectivity index (χ1n) is 10.9. The minimum Gasteiger partial charge on any atom is -0.497 e. The average molecular weight is 478 g/mol. The van der Waals surface area contributed by atoms with Crippen LogP contribution in [-0.4, -0.2) is 41.6 Å². The lowest BCUT2D eigenvalue weighted by Crippen LogP contribution is -2.49. The number of ether oxygens (including phenoxy) is 2. The number of nitrogens with zero attached hydrogens (tertiary/aromatic N) is 1. The molecule has 0 aliphatic rings. The third kappa shape index (κ3) is 7.64. The van der Waals surface area contributed by atoms with Crippen molar-refractivity contribution in [2.45, 2.75) is 45.4 Å². The summed E-state index contributed by atoms with van der Waals surface area (Å²) in [5, 5.41) is 5.26. The predicted octanol–water partition coefficient (Wildman–Crippen LogP) is 4.35. The van der Waals surface area contributed by atoms with E-state index in [1.54, 1.807) is 76.4 Å². The molecule has 2 N–H and O–H groups in total. The van der Waals surface area contributed by atoms with Crippen molar-refractivity contribution in [1.29, 1.82) is 0 Å². The van der Waals surface area contributed by atoms with E-state index in [2.05, 4.69) is 23.3 Å². The normalized spacial score (nSPS) is 12.3. The van der Waals surface area contributed by atoms with Crippen molar-refractivity contribution in [2.75, 3.05) is 12.4 Å². The number of alkyl carbamates (subject to hydrolysis) is 1. The Bertz CT molecular complexity index is 1110. The Morgan fingerprint density at radius 3 is 2.34 bits per heavy atom. The molecule has 0 bridgehead atoms. The van der Waals surface area contributed by atoms with E-state index in [1.165, 1.54) is 6.92 Å². The first-order valence-corrected chi connectivity index (χ1v) is 10.9. The van der Waals surface area contributed by atoms with Crippen LogP contribution in [0.4, 0.5) is 10.5 Å². The second kappa shape index (κ2) is 11.7. The van der Waals surface area contributed by atoms with Crippen LogP contribution in [0.15, 0.2) is 55.1 Å². The van der Waals surface area contributed by atoms with Gasteiger partial charge in [-0.1, -0.05) is 37.3 Å². The Kier molecular flexibility index (Phi) is 9.06. The fourth-order valence-electron chi connectivity index (χ4n) is 3.18. The minimum atomic E-state index is -1.18. The highest BCUT2D eigenvalue weighted by Gasteiger charge is 2.34. The van der Waals surface area contributed by atoms with E-state index >= 15 is 0 Å². The van der Waals surface area contributed by atoms with Crippen LogP contribution in [0, 0.1) is 12.5 Å². The highest BCUT2D eigenvalue weighted by atomic mass is 16.6. The van der Waals surface area contributed by atoms with Crippen molar-refractivity contribution in [3.8, 4) is 18.2 Å². The summed E-state index contributed by atoms with van der Waals surface area (Å²) >= 11 is 0. The molecule has 8 heteroatoms. The van der Waals surface area contributed by atoms with Gasteiger partial charge < -0.3 is 20.1 Å². The largest absolute Gasteiger partial charge is 0.497 e. The Morgan fingerprint density at radius 2 is 1.80 bits per heavy atom.